The van der Waals surface area contributed by atoms with E-state index in [-0.39, 0.29) is 5.56 Å². The zero-order chi connectivity index (χ0) is 11.4. The molecule has 0 aliphatic carbocycles. The number of amides is 1. The number of hydrogen-bond donors (Lipinski definition) is 2. The number of benzene rings is 1. The monoisotopic (exact) mass is 215 g/mol. The van der Waals surface area contributed by atoms with Gasteiger partial charge < -0.3 is 10.3 Å². The van der Waals surface area contributed by atoms with Crippen molar-refractivity contribution in [3.8, 4) is 11.3 Å². The Hall–Kier alpha value is -2.43. The van der Waals surface area contributed by atoms with E-state index in [9.17, 15) is 9.59 Å². The number of rotatable bonds is 3. The van der Waals surface area contributed by atoms with Crippen molar-refractivity contribution in [3.63, 3.8) is 0 Å². The summed E-state index contributed by atoms with van der Waals surface area (Å²) in [5.41, 5.74) is 1.75. The van der Waals surface area contributed by atoms with E-state index in [0.29, 0.717) is 17.8 Å². The van der Waals surface area contributed by atoms with E-state index in [1.807, 2.05) is 12.1 Å². The van der Waals surface area contributed by atoms with Gasteiger partial charge in [-0.25, -0.2) is 4.98 Å². The summed E-state index contributed by atoms with van der Waals surface area (Å²) < 4.78 is 0. The van der Waals surface area contributed by atoms with Crippen LogP contribution in [0.25, 0.3) is 11.3 Å². The van der Waals surface area contributed by atoms with Crippen LogP contribution in [0.2, 0.25) is 0 Å². The van der Waals surface area contributed by atoms with Crippen LogP contribution in [0.5, 0.6) is 0 Å². The van der Waals surface area contributed by atoms with Crippen LogP contribution in [0.4, 0.5) is 5.69 Å². The fraction of sp³-hybridized carbons (Fsp3) is 0. The molecule has 1 aromatic carbocycles. The molecule has 1 heterocycles. The molecule has 0 fully saturated rings. The smallest absolute Gasteiger partial charge is 0.266 e. The van der Waals surface area contributed by atoms with Gasteiger partial charge in [-0.1, -0.05) is 18.2 Å². The third kappa shape index (κ3) is 1.98. The van der Waals surface area contributed by atoms with E-state index in [1.165, 1.54) is 12.4 Å². The summed E-state index contributed by atoms with van der Waals surface area (Å²) in [7, 11) is 0. The number of H-pyrrole nitrogens is 1. The number of anilines is 1. The predicted molar refractivity (Wildman–Crippen MR) is 60.0 cm³/mol. The molecule has 2 N–H and O–H groups in total. The average Bonchev–Trinajstić information content (AvgIpc) is 2.32. The number of aromatic amines is 1. The van der Waals surface area contributed by atoms with Crippen LogP contribution in [0.15, 0.2) is 41.5 Å². The maximum absolute atomic E-state index is 10.9. The summed E-state index contributed by atoms with van der Waals surface area (Å²) in [6.45, 7) is 0. The molecule has 1 amide bonds. The van der Waals surface area contributed by atoms with Crippen molar-refractivity contribution in [1.82, 2.24) is 9.97 Å². The van der Waals surface area contributed by atoms with E-state index in [4.69, 9.17) is 0 Å². The van der Waals surface area contributed by atoms with Crippen LogP contribution < -0.4 is 10.9 Å². The summed E-state index contributed by atoms with van der Waals surface area (Å²) in [5.74, 6) is 0. The minimum atomic E-state index is -0.260. The quantitative estimate of drug-likeness (QED) is 0.750. The summed E-state index contributed by atoms with van der Waals surface area (Å²) in [5, 5.41) is 2.58. The highest BCUT2D eigenvalue weighted by Crippen LogP contribution is 2.24. The summed E-state index contributed by atoms with van der Waals surface area (Å²) in [6.07, 6.45) is 3.31. The molecule has 0 aliphatic heterocycles. The first-order valence-corrected chi connectivity index (χ1v) is 4.65. The Bertz CT molecular complexity index is 543. The van der Waals surface area contributed by atoms with Gasteiger partial charge in [-0.2, -0.15) is 0 Å². The predicted octanol–water partition coefficient (Wildman–Crippen LogP) is 1.01. The number of carbonyl (C=O) groups excluding carboxylic acids is 1. The van der Waals surface area contributed by atoms with Gasteiger partial charge in [-0.3, -0.25) is 9.59 Å². The van der Waals surface area contributed by atoms with Gasteiger partial charge in [0.2, 0.25) is 6.41 Å². The van der Waals surface area contributed by atoms with Crippen LogP contribution >= 0.6 is 0 Å². The third-order valence-electron chi connectivity index (χ3n) is 2.09. The fourth-order valence-corrected chi connectivity index (χ4v) is 1.39. The molecule has 0 unspecified atom stereocenters. The zero-order valence-electron chi connectivity index (χ0n) is 8.31. The Kier molecular flexibility index (Phi) is 2.77. The van der Waals surface area contributed by atoms with Crippen LogP contribution in [0.3, 0.4) is 0 Å². The number of para-hydroxylation sites is 1. The second-order valence-corrected chi connectivity index (χ2v) is 3.10. The van der Waals surface area contributed by atoms with Gasteiger partial charge in [0.15, 0.2) is 0 Å². The number of nitrogens with one attached hydrogen (secondary N) is 2. The Labute approximate surface area is 91.2 Å². The van der Waals surface area contributed by atoms with Crippen LogP contribution in [-0.2, 0) is 4.79 Å². The highest BCUT2D eigenvalue weighted by atomic mass is 16.1. The molecule has 0 saturated carbocycles. The summed E-state index contributed by atoms with van der Waals surface area (Å²) in [6, 6.07) is 7.21. The highest BCUT2D eigenvalue weighted by Gasteiger charge is 2.04. The van der Waals surface area contributed by atoms with Gasteiger partial charge in [0.05, 0.1) is 11.9 Å². The molecule has 0 aliphatic rings. The molecule has 0 radical (unpaired) electrons. The number of nitrogens with zero attached hydrogens (tertiary/aromatic N) is 1. The van der Waals surface area contributed by atoms with Crippen molar-refractivity contribution in [2.75, 3.05) is 5.32 Å². The van der Waals surface area contributed by atoms with Crippen LogP contribution in [0.1, 0.15) is 0 Å². The van der Waals surface area contributed by atoms with Crippen molar-refractivity contribution in [2.45, 2.75) is 0 Å². The standard InChI is InChI=1S/C11H9N3O2/c15-7-14-9-4-2-1-3-8(9)10-5-13-11(16)6-12-10/h1-7H,(H,13,16)(H,14,15). The van der Waals surface area contributed by atoms with Gasteiger partial charge in [-0.05, 0) is 6.07 Å². The lowest BCUT2D eigenvalue weighted by molar-refractivity contribution is -0.105. The van der Waals surface area contributed by atoms with E-state index in [0.717, 1.165) is 5.56 Å². The normalized spacial score (nSPS) is 9.75. The Morgan fingerprint density at radius 3 is 2.81 bits per heavy atom. The van der Waals surface area contributed by atoms with Crippen LogP contribution in [-0.4, -0.2) is 16.4 Å². The van der Waals surface area contributed by atoms with Crippen molar-refractivity contribution < 1.29 is 4.79 Å². The Morgan fingerprint density at radius 1 is 1.31 bits per heavy atom. The molecule has 5 heteroatoms. The Morgan fingerprint density at radius 2 is 2.12 bits per heavy atom. The SMILES string of the molecule is O=CNc1ccccc1-c1c[nH]c(=O)cn1. The van der Waals surface area contributed by atoms with E-state index in [1.54, 1.807) is 12.1 Å². The van der Waals surface area contributed by atoms with Gasteiger partial charge in [0.25, 0.3) is 5.56 Å². The molecule has 16 heavy (non-hydrogen) atoms. The molecule has 5 nitrogen and oxygen atoms in total. The first kappa shape index (κ1) is 10.1. The van der Waals surface area contributed by atoms with Crippen molar-refractivity contribution in [1.29, 1.82) is 0 Å². The average molecular weight is 215 g/mol. The van der Waals surface area contributed by atoms with Gasteiger partial charge in [-0.15, -0.1) is 0 Å². The van der Waals surface area contributed by atoms with Gasteiger partial charge >= 0.3 is 0 Å². The number of aromatic nitrogens is 2. The molecule has 0 bridgehead atoms. The second-order valence-electron chi connectivity index (χ2n) is 3.10. The minimum Gasteiger partial charge on any atom is -0.328 e. The maximum Gasteiger partial charge on any atom is 0.266 e. The lowest BCUT2D eigenvalue weighted by atomic mass is 10.1. The lowest BCUT2D eigenvalue weighted by Gasteiger charge is -2.06. The molecule has 0 saturated heterocycles. The largest absolute Gasteiger partial charge is 0.328 e. The molecule has 0 spiro atoms. The Balaban J connectivity index is 2.50. The summed E-state index contributed by atoms with van der Waals surface area (Å²) in [4.78, 5) is 27.8. The van der Waals surface area contributed by atoms with Crippen molar-refractivity contribution in [2.24, 2.45) is 0 Å². The third-order valence-corrected chi connectivity index (χ3v) is 2.09. The van der Waals surface area contributed by atoms with Crippen molar-refractivity contribution in [3.05, 3.63) is 47.0 Å². The molecule has 2 rings (SSSR count). The minimum absolute atomic E-state index is 0.260. The molecular formula is C11H9N3O2. The van der Waals surface area contributed by atoms with Gasteiger partial charge in [0.1, 0.15) is 0 Å². The lowest BCUT2D eigenvalue weighted by Crippen LogP contribution is -2.05. The van der Waals surface area contributed by atoms with E-state index >= 15 is 0 Å². The molecule has 0 atom stereocenters. The second kappa shape index (κ2) is 4.39. The highest BCUT2D eigenvalue weighted by molar-refractivity contribution is 5.83. The molecular weight excluding hydrogens is 206 g/mol. The summed E-state index contributed by atoms with van der Waals surface area (Å²) >= 11 is 0. The number of carbonyl (C=O) groups is 1. The van der Waals surface area contributed by atoms with Crippen molar-refractivity contribution >= 4 is 12.1 Å². The molecule has 1 aromatic heterocycles. The zero-order valence-corrected chi connectivity index (χ0v) is 8.31. The topological polar surface area (TPSA) is 74.8 Å². The first-order valence-electron chi connectivity index (χ1n) is 4.65. The van der Waals surface area contributed by atoms with E-state index in [2.05, 4.69) is 15.3 Å². The fourth-order valence-electron chi connectivity index (χ4n) is 1.39. The first-order chi connectivity index (χ1) is 7.81. The molecule has 80 valence electrons. The maximum atomic E-state index is 10.9. The van der Waals surface area contributed by atoms with Crippen LogP contribution in [0, 0.1) is 0 Å². The van der Waals surface area contributed by atoms with Gasteiger partial charge in [0, 0.05) is 17.4 Å². The van der Waals surface area contributed by atoms with E-state index < -0.39 is 0 Å². The molecule has 2 aromatic rings. The number of hydrogen-bond acceptors (Lipinski definition) is 3.